The minimum absolute atomic E-state index is 0.158. The second-order valence-corrected chi connectivity index (χ2v) is 3.99. The van der Waals surface area contributed by atoms with Gasteiger partial charge in [0.25, 0.3) is 0 Å². The summed E-state index contributed by atoms with van der Waals surface area (Å²) in [6.07, 6.45) is 1.08. The largest absolute Gasteiger partial charge is 0.480 e. The van der Waals surface area contributed by atoms with E-state index in [0.717, 1.165) is 10.9 Å². The van der Waals surface area contributed by atoms with Crippen LogP contribution in [0.15, 0.2) is 6.20 Å². The van der Waals surface area contributed by atoms with E-state index in [1.807, 2.05) is 0 Å². The zero-order chi connectivity index (χ0) is 13.9. The van der Waals surface area contributed by atoms with Gasteiger partial charge >= 0.3 is 17.5 Å². The lowest BCUT2D eigenvalue weighted by Crippen LogP contribution is -2.18. The molecule has 0 bridgehead atoms. The van der Waals surface area contributed by atoms with Crippen LogP contribution in [0.4, 0.5) is 5.69 Å². The van der Waals surface area contributed by atoms with Crippen molar-refractivity contribution in [3.8, 4) is 5.88 Å². The molecule has 0 aliphatic carbocycles. The second-order valence-electron chi connectivity index (χ2n) is 3.99. The van der Waals surface area contributed by atoms with Crippen LogP contribution in [0.1, 0.15) is 33.2 Å². The first-order valence-corrected chi connectivity index (χ1v) is 5.49. The Kier molecular flexibility index (Phi) is 4.24. The maximum atomic E-state index is 11.0. The second kappa shape index (κ2) is 5.48. The van der Waals surface area contributed by atoms with Crippen LogP contribution < -0.4 is 4.74 Å². The number of ether oxygens (including phenoxy) is 1. The molecular formula is C10H15N3O5. The van der Waals surface area contributed by atoms with Crippen molar-refractivity contribution in [2.75, 3.05) is 0 Å². The van der Waals surface area contributed by atoms with Crippen LogP contribution in [0.25, 0.3) is 0 Å². The fraction of sp³-hybridized carbons (Fsp3) is 0.600. The maximum absolute atomic E-state index is 11.0. The number of nitrogens with zero attached hydrogens (tertiary/aromatic N) is 3. The molecule has 0 saturated heterocycles. The van der Waals surface area contributed by atoms with Gasteiger partial charge in [-0.1, -0.05) is 6.92 Å². The number of hydrogen-bond donors (Lipinski definition) is 1. The van der Waals surface area contributed by atoms with Gasteiger partial charge in [0.2, 0.25) is 0 Å². The third kappa shape index (κ3) is 2.96. The van der Waals surface area contributed by atoms with E-state index in [9.17, 15) is 14.9 Å². The highest BCUT2D eigenvalue weighted by Crippen LogP contribution is 2.28. The van der Waals surface area contributed by atoms with Gasteiger partial charge in [0.05, 0.1) is 11.0 Å². The summed E-state index contributed by atoms with van der Waals surface area (Å²) in [4.78, 5) is 21.2. The zero-order valence-electron chi connectivity index (χ0n) is 10.4. The standard InChI is InChI=1S/C10H15N3O5/c1-4-7(10(14)15)12-5-8(13(16)17)9(11-12)18-6(2)3/h5-7H,4H2,1-3H3,(H,14,15)/t7-/m0/s1. The predicted molar refractivity (Wildman–Crippen MR) is 61.6 cm³/mol. The van der Waals surface area contributed by atoms with Gasteiger partial charge in [0.1, 0.15) is 12.2 Å². The molecule has 0 aromatic carbocycles. The lowest BCUT2D eigenvalue weighted by Gasteiger charge is -2.09. The molecule has 0 aliphatic heterocycles. The van der Waals surface area contributed by atoms with Gasteiger partial charge in [-0.2, -0.15) is 0 Å². The van der Waals surface area contributed by atoms with Gasteiger partial charge in [-0.25, -0.2) is 9.48 Å². The van der Waals surface area contributed by atoms with Gasteiger partial charge in [-0.3, -0.25) is 10.1 Å². The molecular weight excluding hydrogens is 242 g/mol. The summed E-state index contributed by atoms with van der Waals surface area (Å²) in [7, 11) is 0. The summed E-state index contributed by atoms with van der Waals surface area (Å²) >= 11 is 0. The van der Waals surface area contributed by atoms with Crippen molar-refractivity contribution >= 4 is 11.7 Å². The molecule has 1 atom stereocenters. The Hall–Kier alpha value is -2.12. The molecule has 1 N–H and O–H groups in total. The first kappa shape index (κ1) is 13.9. The number of hydrogen-bond acceptors (Lipinski definition) is 5. The first-order valence-electron chi connectivity index (χ1n) is 5.49. The van der Waals surface area contributed by atoms with Crippen molar-refractivity contribution < 1.29 is 19.6 Å². The number of carboxylic acid groups (broad SMARTS) is 1. The molecule has 0 spiro atoms. The van der Waals surface area contributed by atoms with Crippen LogP contribution in [-0.4, -0.2) is 31.9 Å². The Bertz CT molecular complexity index is 454. The van der Waals surface area contributed by atoms with Crippen molar-refractivity contribution in [1.29, 1.82) is 0 Å². The minimum Gasteiger partial charge on any atom is -0.480 e. The van der Waals surface area contributed by atoms with E-state index >= 15 is 0 Å². The number of rotatable bonds is 6. The van der Waals surface area contributed by atoms with Gasteiger partial charge < -0.3 is 9.84 Å². The molecule has 1 rings (SSSR count). The van der Waals surface area contributed by atoms with Crippen LogP contribution >= 0.6 is 0 Å². The fourth-order valence-corrected chi connectivity index (χ4v) is 1.43. The molecule has 1 heterocycles. The van der Waals surface area contributed by atoms with E-state index in [1.165, 1.54) is 0 Å². The molecule has 8 nitrogen and oxygen atoms in total. The Labute approximate surface area is 103 Å². The summed E-state index contributed by atoms with van der Waals surface area (Å²) in [5.74, 6) is -1.25. The Balaban J connectivity index is 3.16. The van der Waals surface area contributed by atoms with Gasteiger partial charge in [-0.15, -0.1) is 5.10 Å². The molecule has 0 amide bonds. The molecule has 0 radical (unpaired) electrons. The van der Waals surface area contributed by atoms with Crippen molar-refractivity contribution in [1.82, 2.24) is 9.78 Å². The Morgan fingerprint density at radius 1 is 1.67 bits per heavy atom. The Morgan fingerprint density at radius 3 is 2.67 bits per heavy atom. The quantitative estimate of drug-likeness (QED) is 0.612. The molecule has 0 aliphatic rings. The molecule has 1 aromatic rings. The fourth-order valence-electron chi connectivity index (χ4n) is 1.43. The highest BCUT2D eigenvalue weighted by atomic mass is 16.6. The lowest BCUT2D eigenvalue weighted by atomic mass is 10.2. The summed E-state index contributed by atoms with van der Waals surface area (Å²) in [5, 5.41) is 23.6. The monoisotopic (exact) mass is 257 g/mol. The topological polar surface area (TPSA) is 107 Å². The van der Waals surface area contributed by atoms with E-state index in [1.54, 1.807) is 20.8 Å². The molecule has 8 heteroatoms. The number of aliphatic carboxylic acids is 1. The average molecular weight is 257 g/mol. The van der Waals surface area contributed by atoms with Crippen LogP contribution in [0.2, 0.25) is 0 Å². The molecule has 1 aromatic heterocycles. The number of carboxylic acids is 1. The normalized spacial score (nSPS) is 12.4. The first-order chi connectivity index (χ1) is 8.36. The van der Waals surface area contributed by atoms with E-state index in [-0.39, 0.29) is 24.1 Å². The van der Waals surface area contributed by atoms with Crippen LogP contribution in [0, 0.1) is 10.1 Å². The minimum atomic E-state index is -1.09. The number of aromatic nitrogens is 2. The number of carbonyl (C=O) groups is 1. The van der Waals surface area contributed by atoms with E-state index in [4.69, 9.17) is 9.84 Å². The molecule has 0 fully saturated rings. The highest BCUT2D eigenvalue weighted by molar-refractivity contribution is 5.71. The summed E-state index contributed by atoms with van der Waals surface area (Å²) in [6, 6.07) is -0.937. The molecule has 100 valence electrons. The number of nitro groups is 1. The van der Waals surface area contributed by atoms with Crippen molar-refractivity contribution in [3.63, 3.8) is 0 Å². The van der Waals surface area contributed by atoms with Gasteiger partial charge in [-0.05, 0) is 20.3 Å². The highest BCUT2D eigenvalue weighted by Gasteiger charge is 2.27. The van der Waals surface area contributed by atoms with Crippen LogP contribution in [0.5, 0.6) is 5.88 Å². The molecule has 0 unspecified atom stereocenters. The van der Waals surface area contributed by atoms with Crippen molar-refractivity contribution in [2.45, 2.75) is 39.3 Å². The zero-order valence-corrected chi connectivity index (χ0v) is 10.4. The smallest absolute Gasteiger partial charge is 0.350 e. The van der Waals surface area contributed by atoms with Crippen molar-refractivity contribution in [2.24, 2.45) is 0 Å². The average Bonchev–Trinajstić information content (AvgIpc) is 2.61. The van der Waals surface area contributed by atoms with E-state index < -0.39 is 16.9 Å². The van der Waals surface area contributed by atoms with E-state index in [0.29, 0.717) is 0 Å². The molecule has 18 heavy (non-hydrogen) atoms. The SMILES string of the molecule is CC[C@@H](C(=O)O)n1cc([N+](=O)[O-])c(OC(C)C)n1. The van der Waals surface area contributed by atoms with Crippen LogP contribution in [-0.2, 0) is 4.79 Å². The third-order valence-corrected chi connectivity index (χ3v) is 2.22. The third-order valence-electron chi connectivity index (χ3n) is 2.22. The summed E-state index contributed by atoms with van der Waals surface area (Å²) in [5.41, 5.74) is -0.330. The summed E-state index contributed by atoms with van der Waals surface area (Å²) < 4.78 is 6.25. The lowest BCUT2D eigenvalue weighted by molar-refractivity contribution is -0.386. The predicted octanol–water partition coefficient (Wildman–Crippen LogP) is 1.61. The molecule has 0 saturated carbocycles. The maximum Gasteiger partial charge on any atom is 0.350 e. The summed E-state index contributed by atoms with van der Waals surface area (Å²) in [6.45, 7) is 5.07. The van der Waals surface area contributed by atoms with Gasteiger partial charge in [0.15, 0.2) is 0 Å². The van der Waals surface area contributed by atoms with Gasteiger partial charge in [0, 0.05) is 0 Å². The van der Waals surface area contributed by atoms with Crippen LogP contribution in [0.3, 0.4) is 0 Å². The Morgan fingerprint density at radius 2 is 2.28 bits per heavy atom. The van der Waals surface area contributed by atoms with Crippen molar-refractivity contribution in [3.05, 3.63) is 16.3 Å². The van der Waals surface area contributed by atoms with E-state index in [2.05, 4.69) is 5.10 Å².